The van der Waals surface area contributed by atoms with Crippen LogP contribution in [0, 0.1) is 0 Å². The van der Waals surface area contributed by atoms with E-state index in [1.807, 2.05) is 0 Å². The van der Waals surface area contributed by atoms with Crippen LogP contribution in [0.3, 0.4) is 0 Å². The molecule has 0 bridgehead atoms. The number of hydrogen-bond donors (Lipinski definition) is 1. The molecule has 0 amide bonds. The van der Waals surface area contributed by atoms with E-state index in [-0.39, 0.29) is 5.75 Å². The van der Waals surface area contributed by atoms with E-state index in [0.29, 0.717) is 18.1 Å². The van der Waals surface area contributed by atoms with E-state index in [4.69, 9.17) is 11.6 Å². The van der Waals surface area contributed by atoms with Gasteiger partial charge in [-0.2, -0.15) is 0 Å². The molecule has 0 atom stereocenters. The van der Waals surface area contributed by atoms with Crippen molar-refractivity contribution in [1.29, 1.82) is 0 Å². The van der Waals surface area contributed by atoms with Gasteiger partial charge in [-0.3, -0.25) is 4.98 Å². The molecule has 1 N–H and O–H groups in total. The zero-order valence-electron chi connectivity index (χ0n) is 8.40. The third-order valence-electron chi connectivity index (χ3n) is 1.82. The molecule has 4 nitrogen and oxygen atoms in total. The number of pyridine rings is 1. The van der Waals surface area contributed by atoms with Crippen LogP contribution in [-0.2, 0) is 16.4 Å². The number of nitrogens with zero attached hydrogens (tertiary/aromatic N) is 1. The molecule has 1 aromatic rings. The van der Waals surface area contributed by atoms with Crippen LogP contribution in [0.5, 0.6) is 0 Å². The molecule has 1 rings (SSSR count). The summed E-state index contributed by atoms with van der Waals surface area (Å²) in [5.41, 5.74) is 0.917. The fourth-order valence-corrected chi connectivity index (χ4v) is 1.73. The second-order valence-electron chi connectivity index (χ2n) is 3.27. The Labute approximate surface area is 94.6 Å². The molecule has 1 aromatic heterocycles. The highest BCUT2D eigenvalue weighted by atomic mass is 35.5. The molecule has 0 aromatic carbocycles. The van der Waals surface area contributed by atoms with Crippen LogP contribution in [0.1, 0.15) is 5.56 Å². The maximum absolute atomic E-state index is 10.8. The van der Waals surface area contributed by atoms with Gasteiger partial charge in [-0.05, 0) is 11.6 Å². The number of halogens is 1. The van der Waals surface area contributed by atoms with Crippen LogP contribution in [0.2, 0.25) is 5.02 Å². The first kappa shape index (κ1) is 12.4. The summed E-state index contributed by atoms with van der Waals surface area (Å²) in [6.45, 7) is 0.981. The fraction of sp³-hybridized carbons (Fsp3) is 0.444. The van der Waals surface area contributed by atoms with Crippen molar-refractivity contribution >= 4 is 21.4 Å². The molecule has 6 heteroatoms. The second-order valence-corrected chi connectivity index (χ2v) is 5.94. The Morgan fingerprint density at radius 3 is 2.87 bits per heavy atom. The van der Waals surface area contributed by atoms with Gasteiger partial charge < -0.3 is 5.32 Å². The monoisotopic (exact) mass is 248 g/mol. The number of nitrogens with one attached hydrogen (secondary N) is 1. The van der Waals surface area contributed by atoms with E-state index >= 15 is 0 Å². The summed E-state index contributed by atoms with van der Waals surface area (Å²) < 4.78 is 21.7. The van der Waals surface area contributed by atoms with Gasteiger partial charge in [0.15, 0.2) is 0 Å². The van der Waals surface area contributed by atoms with E-state index in [0.717, 1.165) is 5.56 Å². The third kappa shape index (κ3) is 5.11. The minimum Gasteiger partial charge on any atom is -0.312 e. The molecule has 0 aliphatic rings. The molecule has 0 saturated heterocycles. The van der Waals surface area contributed by atoms with Crippen LogP contribution in [-0.4, -0.2) is 32.0 Å². The quantitative estimate of drug-likeness (QED) is 0.786. The first-order chi connectivity index (χ1) is 6.99. The molecule has 84 valence electrons. The average molecular weight is 249 g/mol. The summed E-state index contributed by atoms with van der Waals surface area (Å²) in [6, 6.07) is 1.80. The number of rotatable bonds is 5. The Bertz CT molecular complexity index is 420. The lowest BCUT2D eigenvalue weighted by atomic mass is 10.3. The maximum atomic E-state index is 10.8. The van der Waals surface area contributed by atoms with Crippen LogP contribution in [0.15, 0.2) is 18.5 Å². The van der Waals surface area contributed by atoms with Crippen molar-refractivity contribution < 1.29 is 8.42 Å². The van der Waals surface area contributed by atoms with Crippen molar-refractivity contribution in [1.82, 2.24) is 10.3 Å². The standard InChI is InChI=1S/C9H13ClN2O2S/c1-15(13,14)5-4-12-6-8-2-3-11-7-9(8)10/h2-3,7,12H,4-6H2,1H3. The molecule has 1 heterocycles. The molecule has 0 fully saturated rings. The highest BCUT2D eigenvalue weighted by Crippen LogP contribution is 2.12. The largest absolute Gasteiger partial charge is 0.312 e. The van der Waals surface area contributed by atoms with E-state index in [1.165, 1.54) is 6.26 Å². The van der Waals surface area contributed by atoms with Gasteiger partial charge >= 0.3 is 0 Å². The molecule has 0 aliphatic carbocycles. The Balaban J connectivity index is 2.36. The summed E-state index contributed by atoms with van der Waals surface area (Å²) in [4.78, 5) is 3.86. The lowest BCUT2D eigenvalue weighted by Gasteiger charge is -2.05. The van der Waals surface area contributed by atoms with Gasteiger partial charge in [-0.1, -0.05) is 11.6 Å². The SMILES string of the molecule is CS(=O)(=O)CCNCc1ccncc1Cl. The first-order valence-corrected chi connectivity index (χ1v) is 6.90. The van der Waals surface area contributed by atoms with Gasteiger partial charge in [-0.15, -0.1) is 0 Å². The van der Waals surface area contributed by atoms with Crippen molar-refractivity contribution in [3.05, 3.63) is 29.0 Å². The fourth-order valence-electron chi connectivity index (χ4n) is 1.03. The normalized spacial score (nSPS) is 11.6. The first-order valence-electron chi connectivity index (χ1n) is 4.46. The summed E-state index contributed by atoms with van der Waals surface area (Å²) in [6.07, 6.45) is 4.43. The zero-order chi connectivity index (χ0) is 11.3. The molecule has 0 spiro atoms. The minimum absolute atomic E-state index is 0.135. The van der Waals surface area contributed by atoms with Crippen LogP contribution in [0.25, 0.3) is 0 Å². The molecular formula is C9H13ClN2O2S. The summed E-state index contributed by atoms with van der Waals surface area (Å²) in [5.74, 6) is 0.135. The van der Waals surface area contributed by atoms with Gasteiger partial charge in [0.05, 0.1) is 10.8 Å². The van der Waals surface area contributed by atoms with Crippen molar-refractivity contribution in [3.63, 3.8) is 0 Å². The van der Waals surface area contributed by atoms with Gasteiger partial charge in [-0.25, -0.2) is 8.42 Å². The van der Waals surface area contributed by atoms with Crippen molar-refractivity contribution in [2.24, 2.45) is 0 Å². The van der Waals surface area contributed by atoms with Crippen LogP contribution < -0.4 is 5.32 Å². The van der Waals surface area contributed by atoms with Gasteiger partial charge in [0, 0.05) is 31.7 Å². The molecule has 0 radical (unpaired) electrons. The summed E-state index contributed by atoms with van der Waals surface area (Å²) in [5, 5.41) is 3.60. The Hall–Kier alpha value is -0.650. The smallest absolute Gasteiger partial charge is 0.148 e. The Kier molecular flexibility index (Phi) is 4.50. The van der Waals surface area contributed by atoms with Crippen LogP contribution >= 0.6 is 11.6 Å². The second kappa shape index (κ2) is 5.44. The van der Waals surface area contributed by atoms with Crippen LogP contribution in [0.4, 0.5) is 0 Å². The highest BCUT2D eigenvalue weighted by molar-refractivity contribution is 7.90. The van der Waals surface area contributed by atoms with Gasteiger partial charge in [0.2, 0.25) is 0 Å². The number of aromatic nitrogens is 1. The minimum atomic E-state index is -2.90. The van der Waals surface area contributed by atoms with E-state index in [9.17, 15) is 8.42 Å². The molecule has 0 unspecified atom stereocenters. The molecule has 0 saturated carbocycles. The summed E-state index contributed by atoms with van der Waals surface area (Å²) in [7, 11) is -2.90. The Morgan fingerprint density at radius 1 is 1.53 bits per heavy atom. The highest BCUT2D eigenvalue weighted by Gasteiger charge is 2.02. The maximum Gasteiger partial charge on any atom is 0.148 e. The van der Waals surface area contributed by atoms with Crippen molar-refractivity contribution in [3.8, 4) is 0 Å². The van der Waals surface area contributed by atoms with E-state index in [2.05, 4.69) is 10.3 Å². The molecule has 0 aliphatic heterocycles. The Morgan fingerprint density at radius 2 is 2.27 bits per heavy atom. The molecular weight excluding hydrogens is 236 g/mol. The lowest BCUT2D eigenvalue weighted by molar-refractivity contribution is 0.596. The van der Waals surface area contributed by atoms with Gasteiger partial charge in [0.25, 0.3) is 0 Å². The topological polar surface area (TPSA) is 59.1 Å². The molecule has 15 heavy (non-hydrogen) atoms. The number of hydrogen-bond acceptors (Lipinski definition) is 4. The van der Waals surface area contributed by atoms with Crippen molar-refractivity contribution in [2.45, 2.75) is 6.54 Å². The van der Waals surface area contributed by atoms with E-state index < -0.39 is 9.84 Å². The predicted molar refractivity (Wildman–Crippen MR) is 60.7 cm³/mol. The van der Waals surface area contributed by atoms with Crippen molar-refractivity contribution in [2.75, 3.05) is 18.6 Å². The van der Waals surface area contributed by atoms with E-state index in [1.54, 1.807) is 18.5 Å². The predicted octanol–water partition coefficient (Wildman–Crippen LogP) is 0.869. The average Bonchev–Trinajstić information content (AvgIpc) is 2.13. The lowest BCUT2D eigenvalue weighted by Crippen LogP contribution is -2.22. The van der Waals surface area contributed by atoms with Gasteiger partial charge in [0.1, 0.15) is 9.84 Å². The number of sulfone groups is 1. The summed E-state index contributed by atoms with van der Waals surface area (Å²) >= 11 is 5.87. The zero-order valence-corrected chi connectivity index (χ0v) is 9.98. The third-order valence-corrected chi connectivity index (χ3v) is 3.11.